The van der Waals surface area contributed by atoms with Crippen molar-refractivity contribution in [1.29, 1.82) is 0 Å². The molecular formula is C18H23ClN2O3. The summed E-state index contributed by atoms with van der Waals surface area (Å²) in [6.07, 6.45) is 2.86. The number of halogens is 1. The first-order chi connectivity index (χ1) is 11.5. The van der Waals surface area contributed by atoms with E-state index in [9.17, 15) is 9.59 Å². The Kier molecular flexibility index (Phi) is 6.26. The lowest BCUT2D eigenvalue weighted by atomic mass is 10.00. The molecular weight excluding hydrogens is 328 g/mol. The number of hydrogen-bond acceptors (Lipinski definition) is 3. The van der Waals surface area contributed by atoms with E-state index in [1.165, 1.54) is 0 Å². The van der Waals surface area contributed by atoms with Crippen molar-refractivity contribution >= 4 is 40.1 Å². The summed E-state index contributed by atoms with van der Waals surface area (Å²) in [5.74, 6) is 0.201. The third-order valence-electron chi connectivity index (χ3n) is 3.77. The molecule has 0 aliphatic carbocycles. The fraction of sp³-hybridized carbons (Fsp3) is 0.444. The lowest BCUT2D eigenvalue weighted by molar-refractivity contribution is -0.116. The monoisotopic (exact) mass is 350 g/mol. The molecule has 2 aromatic rings. The highest BCUT2D eigenvalue weighted by molar-refractivity contribution is 6.18. The topological polar surface area (TPSA) is 71.2 Å². The van der Waals surface area contributed by atoms with Crippen LogP contribution in [0.2, 0.25) is 0 Å². The molecule has 1 aromatic carbocycles. The van der Waals surface area contributed by atoms with Gasteiger partial charge in [0.15, 0.2) is 0 Å². The first kappa shape index (κ1) is 18.3. The van der Waals surface area contributed by atoms with Gasteiger partial charge in [0.2, 0.25) is 5.91 Å². The van der Waals surface area contributed by atoms with Crippen LogP contribution in [0.3, 0.4) is 0 Å². The molecule has 130 valence electrons. The zero-order chi connectivity index (χ0) is 17.7. The quantitative estimate of drug-likeness (QED) is 0.573. The maximum Gasteiger partial charge on any atom is 0.338 e. The Morgan fingerprint density at radius 3 is 2.71 bits per heavy atom. The standard InChI is InChI=1S/C18H23ClN2O3/c1-4-24-18(23)12-8-13-14(11(2)3)10-20-17(13)15(9-12)21-16(22)6-5-7-19/h8-11,20H,4-7H2,1-3H3,(H,21,22). The van der Waals surface area contributed by atoms with E-state index in [4.69, 9.17) is 16.3 Å². The molecule has 0 fully saturated rings. The molecule has 6 heteroatoms. The summed E-state index contributed by atoms with van der Waals surface area (Å²) >= 11 is 5.64. The average Bonchev–Trinajstić information content (AvgIpc) is 2.97. The number of hydrogen-bond donors (Lipinski definition) is 2. The Morgan fingerprint density at radius 1 is 1.33 bits per heavy atom. The number of esters is 1. The second-order valence-corrected chi connectivity index (χ2v) is 6.28. The molecule has 5 nitrogen and oxygen atoms in total. The van der Waals surface area contributed by atoms with E-state index in [1.54, 1.807) is 13.0 Å². The number of H-pyrrole nitrogens is 1. The van der Waals surface area contributed by atoms with Crippen molar-refractivity contribution in [1.82, 2.24) is 4.98 Å². The van der Waals surface area contributed by atoms with Gasteiger partial charge in [0.1, 0.15) is 0 Å². The molecule has 2 rings (SSSR count). The number of nitrogens with one attached hydrogen (secondary N) is 2. The maximum atomic E-state index is 12.1. The third kappa shape index (κ3) is 4.09. The first-order valence-corrected chi connectivity index (χ1v) is 8.69. The second kappa shape index (κ2) is 8.20. The molecule has 0 unspecified atom stereocenters. The smallest absolute Gasteiger partial charge is 0.338 e. The van der Waals surface area contributed by atoms with Crippen LogP contribution in [0.5, 0.6) is 0 Å². The van der Waals surface area contributed by atoms with Crippen LogP contribution in [0, 0.1) is 0 Å². The number of carbonyl (C=O) groups excluding carboxylic acids is 2. The summed E-state index contributed by atoms with van der Waals surface area (Å²) in [4.78, 5) is 27.4. The summed E-state index contributed by atoms with van der Waals surface area (Å²) in [5, 5.41) is 3.79. The van der Waals surface area contributed by atoms with Gasteiger partial charge >= 0.3 is 5.97 Å². The number of rotatable bonds is 7. The lowest BCUT2D eigenvalue weighted by Crippen LogP contribution is -2.13. The van der Waals surface area contributed by atoms with Crippen molar-refractivity contribution in [3.8, 4) is 0 Å². The largest absolute Gasteiger partial charge is 0.462 e. The Labute approximate surface area is 146 Å². The highest BCUT2D eigenvalue weighted by Crippen LogP contribution is 2.32. The zero-order valence-electron chi connectivity index (χ0n) is 14.2. The minimum atomic E-state index is -0.397. The Bertz CT molecular complexity index is 737. The van der Waals surface area contributed by atoms with E-state index >= 15 is 0 Å². The fourth-order valence-corrected chi connectivity index (χ4v) is 2.74. The van der Waals surface area contributed by atoms with Gasteiger partial charge < -0.3 is 15.0 Å². The molecule has 0 atom stereocenters. The molecule has 1 amide bonds. The van der Waals surface area contributed by atoms with E-state index < -0.39 is 5.97 Å². The van der Waals surface area contributed by atoms with Crippen molar-refractivity contribution in [2.45, 2.75) is 39.5 Å². The first-order valence-electron chi connectivity index (χ1n) is 8.15. The number of carbonyl (C=O) groups is 2. The van der Waals surface area contributed by atoms with Crippen molar-refractivity contribution in [2.24, 2.45) is 0 Å². The molecule has 0 saturated heterocycles. The van der Waals surface area contributed by atoms with Crippen LogP contribution in [-0.4, -0.2) is 29.3 Å². The predicted molar refractivity (Wildman–Crippen MR) is 96.9 cm³/mol. The van der Waals surface area contributed by atoms with Crippen LogP contribution in [0.25, 0.3) is 10.9 Å². The molecule has 0 aliphatic heterocycles. The molecule has 0 aliphatic rings. The highest BCUT2D eigenvalue weighted by atomic mass is 35.5. The fourth-order valence-electron chi connectivity index (χ4n) is 2.60. The number of aromatic amines is 1. The highest BCUT2D eigenvalue weighted by Gasteiger charge is 2.17. The van der Waals surface area contributed by atoms with Gasteiger partial charge in [0.05, 0.1) is 23.4 Å². The van der Waals surface area contributed by atoms with Crippen LogP contribution in [-0.2, 0) is 9.53 Å². The Morgan fingerprint density at radius 2 is 2.08 bits per heavy atom. The number of ether oxygens (including phenoxy) is 1. The average molecular weight is 351 g/mol. The number of benzene rings is 1. The van der Waals surface area contributed by atoms with Crippen LogP contribution in [0.4, 0.5) is 5.69 Å². The minimum Gasteiger partial charge on any atom is -0.462 e. The maximum absolute atomic E-state index is 12.1. The summed E-state index contributed by atoms with van der Waals surface area (Å²) in [7, 11) is 0. The predicted octanol–water partition coefficient (Wildman–Crippen LogP) is 4.43. The number of fused-ring (bicyclic) bond motifs is 1. The molecule has 0 bridgehead atoms. The van der Waals surface area contributed by atoms with Crippen LogP contribution >= 0.6 is 11.6 Å². The molecule has 1 aromatic heterocycles. The van der Waals surface area contributed by atoms with Gasteiger partial charge in [-0.3, -0.25) is 4.79 Å². The van der Waals surface area contributed by atoms with Crippen molar-refractivity contribution in [3.05, 3.63) is 29.5 Å². The van der Waals surface area contributed by atoms with Gasteiger partial charge in [-0.15, -0.1) is 11.6 Å². The summed E-state index contributed by atoms with van der Waals surface area (Å²) in [6, 6.07) is 3.47. The van der Waals surface area contributed by atoms with Gasteiger partial charge in [0.25, 0.3) is 0 Å². The van der Waals surface area contributed by atoms with E-state index in [-0.39, 0.29) is 11.8 Å². The third-order valence-corrected chi connectivity index (χ3v) is 4.03. The molecule has 24 heavy (non-hydrogen) atoms. The number of aromatic nitrogens is 1. The van der Waals surface area contributed by atoms with Crippen LogP contribution < -0.4 is 5.32 Å². The molecule has 2 N–H and O–H groups in total. The van der Waals surface area contributed by atoms with E-state index in [0.717, 1.165) is 16.5 Å². The molecule has 1 heterocycles. The summed E-state index contributed by atoms with van der Waals surface area (Å²) in [6.45, 7) is 6.23. The van der Waals surface area contributed by atoms with Gasteiger partial charge in [-0.25, -0.2) is 4.79 Å². The van der Waals surface area contributed by atoms with Crippen molar-refractivity contribution in [2.75, 3.05) is 17.8 Å². The molecule has 0 saturated carbocycles. The lowest BCUT2D eigenvalue weighted by Gasteiger charge is -2.11. The Hall–Kier alpha value is -2.01. The second-order valence-electron chi connectivity index (χ2n) is 5.91. The van der Waals surface area contributed by atoms with Crippen molar-refractivity contribution < 1.29 is 14.3 Å². The van der Waals surface area contributed by atoms with Gasteiger partial charge in [-0.1, -0.05) is 13.8 Å². The number of anilines is 1. The molecule has 0 radical (unpaired) electrons. The van der Waals surface area contributed by atoms with Gasteiger partial charge in [-0.05, 0) is 37.0 Å². The van der Waals surface area contributed by atoms with Gasteiger partial charge in [0, 0.05) is 23.9 Å². The minimum absolute atomic E-state index is 0.126. The Balaban J connectivity index is 2.47. The summed E-state index contributed by atoms with van der Waals surface area (Å²) in [5.41, 5.74) is 2.92. The molecule has 0 spiro atoms. The van der Waals surface area contributed by atoms with E-state index in [1.807, 2.05) is 12.3 Å². The SMILES string of the molecule is CCOC(=O)c1cc(NC(=O)CCCCl)c2[nH]cc(C(C)C)c2c1. The normalized spacial score (nSPS) is 11.0. The van der Waals surface area contributed by atoms with Crippen molar-refractivity contribution in [3.63, 3.8) is 0 Å². The zero-order valence-corrected chi connectivity index (χ0v) is 15.0. The van der Waals surface area contributed by atoms with E-state index in [2.05, 4.69) is 24.1 Å². The van der Waals surface area contributed by atoms with Gasteiger partial charge in [-0.2, -0.15) is 0 Å². The van der Waals surface area contributed by atoms with E-state index in [0.29, 0.717) is 36.6 Å². The van der Waals surface area contributed by atoms with Crippen LogP contribution in [0.1, 0.15) is 55.5 Å². The summed E-state index contributed by atoms with van der Waals surface area (Å²) < 4.78 is 5.10. The van der Waals surface area contributed by atoms with Crippen LogP contribution in [0.15, 0.2) is 18.3 Å². The number of amides is 1. The number of alkyl halides is 1.